The standard InChI is InChI=1S/C14H14ClFN2O2S/c1-9(13-6-5-10(16)7-14(13)15)18-11-3-2-4-12(8-11)21(17,19)20/h2-9,18H,1H3,(H2,17,19,20). The van der Waals surface area contributed by atoms with Crippen LogP contribution in [-0.2, 0) is 10.0 Å². The maximum absolute atomic E-state index is 13.0. The zero-order chi connectivity index (χ0) is 15.6. The SMILES string of the molecule is CC(Nc1cccc(S(N)(=O)=O)c1)c1ccc(F)cc1Cl. The number of hydrogen-bond acceptors (Lipinski definition) is 3. The van der Waals surface area contributed by atoms with Gasteiger partial charge in [-0.25, -0.2) is 17.9 Å². The van der Waals surface area contributed by atoms with Gasteiger partial charge in [0.1, 0.15) is 5.82 Å². The van der Waals surface area contributed by atoms with Gasteiger partial charge < -0.3 is 5.32 Å². The van der Waals surface area contributed by atoms with Crippen molar-refractivity contribution < 1.29 is 12.8 Å². The molecule has 0 fully saturated rings. The number of hydrogen-bond donors (Lipinski definition) is 2. The van der Waals surface area contributed by atoms with Crippen LogP contribution in [-0.4, -0.2) is 8.42 Å². The van der Waals surface area contributed by atoms with Gasteiger partial charge in [-0.2, -0.15) is 0 Å². The van der Waals surface area contributed by atoms with Crippen LogP contribution in [0.15, 0.2) is 47.4 Å². The molecule has 2 aromatic carbocycles. The van der Waals surface area contributed by atoms with Crippen molar-refractivity contribution in [3.8, 4) is 0 Å². The summed E-state index contributed by atoms with van der Waals surface area (Å²) in [7, 11) is -3.76. The molecule has 0 aromatic heterocycles. The topological polar surface area (TPSA) is 72.2 Å². The zero-order valence-corrected chi connectivity index (χ0v) is 12.7. The van der Waals surface area contributed by atoms with Crippen LogP contribution < -0.4 is 10.5 Å². The third-order valence-corrected chi connectivity index (χ3v) is 4.21. The Hall–Kier alpha value is -1.63. The van der Waals surface area contributed by atoms with Crippen LogP contribution in [0.2, 0.25) is 5.02 Å². The molecule has 0 radical (unpaired) electrons. The first-order chi connectivity index (χ1) is 9.77. The second-order valence-corrected chi connectivity index (χ2v) is 6.57. The van der Waals surface area contributed by atoms with Crippen LogP contribution >= 0.6 is 11.6 Å². The molecule has 0 spiro atoms. The molecule has 0 aliphatic carbocycles. The molecule has 3 N–H and O–H groups in total. The molecule has 0 saturated carbocycles. The Balaban J connectivity index is 2.25. The smallest absolute Gasteiger partial charge is 0.238 e. The number of halogens is 2. The molecule has 1 atom stereocenters. The monoisotopic (exact) mass is 328 g/mol. The second-order valence-electron chi connectivity index (χ2n) is 4.60. The van der Waals surface area contributed by atoms with Crippen molar-refractivity contribution in [2.24, 2.45) is 5.14 Å². The van der Waals surface area contributed by atoms with Crippen LogP contribution in [0, 0.1) is 5.82 Å². The largest absolute Gasteiger partial charge is 0.378 e. The van der Waals surface area contributed by atoms with Crippen LogP contribution in [0.25, 0.3) is 0 Å². The molecule has 0 bridgehead atoms. The van der Waals surface area contributed by atoms with Gasteiger partial charge in [-0.05, 0) is 42.8 Å². The predicted molar refractivity (Wildman–Crippen MR) is 81.3 cm³/mol. The summed E-state index contributed by atoms with van der Waals surface area (Å²) in [6.45, 7) is 1.84. The average molecular weight is 329 g/mol. The van der Waals surface area contributed by atoms with Gasteiger partial charge in [-0.3, -0.25) is 0 Å². The van der Waals surface area contributed by atoms with Crippen LogP contribution in [0.3, 0.4) is 0 Å². The summed E-state index contributed by atoms with van der Waals surface area (Å²) in [5.41, 5.74) is 1.29. The van der Waals surface area contributed by atoms with E-state index in [1.807, 2.05) is 6.92 Å². The molecule has 0 heterocycles. The number of rotatable bonds is 4. The number of nitrogens with two attached hydrogens (primary N) is 1. The summed E-state index contributed by atoms with van der Waals surface area (Å²) in [4.78, 5) is 0.0184. The van der Waals surface area contributed by atoms with E-state index in [0.717, 1.165) is 0 Å². The van der Waals surface area contributed by atoms with E-state index >= 15 is 0 Å². The lowest BCUT2D eigenvalue weighted by molar-refractivity contribution is 0.598. The summed E-state index contributed by atoms with van der Waals surface area (Å²) >= 11 is 6.00. The van der Waals surface area contributed by atoms with Crippen LogP contribution in [0.1, 0.15) is 18.5 Å². The first-order valence-corrected chi connectivity index (χ1v) is 8.04. The molecule has 0 aliphatic rings. The molecular formula is C14H14ClFN2O2S. The molecule has 7 heteroatoms. The van der Waals surface area contributed by atoms with Crippen molar-refractivity contribution in [3.63, 3.8) is 0 Å². The third-order valence-electron chi connectivity index (χ3n) is 2.97. The van der Waals surface area contributed by atoms with E-state index in [1.54, 1.807) is 18.2 Å². The van der Waals surface area contributed by atoms with Crippen LogP contribution in [0.4, 0.5) is 10.1 Å². The molecule has 2 aromatic rings. The van der Waals surface area contributed by atoms with Gasteiger partial charge in [-0.1, -0.05) is 23.7 Å². The Labute approximate surface area is 127 Å². The van der Waals surface area contributed by atoms with Gasteiger partial charge in [0, 0.05) is 16.8 Å². The molecule has 4 nitrogen and oxygen atoms in total. The van der Waals surface area contributed by atoms with E-state index in [0.29, 0.717) is 16.3 Å². The minimum absolute atomic E-state index is 0.0184. The highest BCUT2D eigenvalue weighted by Crippen LogP contribution is 2.27. The number of nitrogens with one attached hydrogen (secondary N) is 1. The molecule has 0 amide bonds. The molecule has 2 rings (SSSR count). The zero-order valence-electron chi connectivity index (χ0n) is 11.2. The normalized spacial score (nSPS) is 13.0. The molecule has 21 heavy (non-hydrogen) atoms. The van der Waals surface area contributed by atoms with Crippen molar-refractivity contribution >= 4 is 27.3 Å². The van der Waals surface area contributed by atoms with Gasteiger partial charge in [-0.15, -0.1) is 0 Å². The number of primary sulfonamides is 1. The number of sulfonamides is 1. The highest BCUT2D eigenvalue weighted by Gasteiger charge is 2.12. The lowest BCUT2D eigenvalue weighted by Crippen LogP contribution is -2.13. The number of benzene rings is 2. The fraction of sp³-hybridized carbons (Fsp3) is 0.143. The van der Waals surface area contributed by atoms with E-state index in [-0.39, 0.29) is 10.9 Å². The summed E-state index contributed by atoms with van der Waals surface area (Å²) < 4.78 is 35.7. The van der Waals surface area contributed by atoms with Crippen molar-refractivity contribution in [2.75, 3.05) is 5.32 Å². The van der Waals surface area contributed by atoms with E-state index in [9.17, 15) is 12.8 Å². The summed E-state index contributed by atoms with van der Waals surface area (Å²) in [6.07, 6.45) is 0. The highest BCUT2D eigenvalue weighted by atomic mass is 35.5. The summed E-state index contributed by atoms with van der Waals surface area (Å²) in [5, 5.41) is 8.50. The minimum Gasteiger partial charge on any atom is -0.378 e. The van der Waals surface area contributed by atoms with E-state index in [2.05, 4.69) is 5.32 Å². The highest BCUT2D eigenvalue weighted by molar-refractivity contribution is 7.89. The Morgan fingerprint density at radius 2 is 1.95 bits per heavy atom. The van der Waals surface area contributed by atoms with Crippen molar-refractivity contribution in [1.29, 1.82) is 0 Å². The van der Waals surface area contributed by atoms with Gasteiger partial charge in [0.05, 0.1) is 4.90 Å². The van der Waals surface area contributed by atoms with Crippen molar-refractivity contribution in [3.05, 3.63) is 58.9 Å². The Morgan fingerprint density at radius 1 is 1.24 bits per heavy atom. The van der Waals surface area contributed by atoms with Crippen molar-refractivity contribution in [1.82, 2.24) is 0 Å². The average Bonchev–Trinajstić information content (AvgIpc) is 2.37. The molecule has 0 saturated heterocycles. The minimum atomic E-state index is -3.76. The van der Waals surface area contributed by atoms with E-state index in [4.69, 9.17) is 16.7 Å². The van der Waals surface area contributed by atoms with Gasteiger partial charge in [0.2, 0.25) is 10.0 Å². The van der Waals surface area contributed by atoms with E-state index < -0.39 is 15.8 Å². The van der Waals surface area contributed by atoms with E-state index in [1.165, 1.54) is 24.3 Å². The van der Waals surface area contributed by atoms with Crippen LogP contribution in [0.5, 0.6) is 0 Å². The van der Waals surface area contributed by atoms with Crippen molar-refractivity contribution in [2.45, 2.75) is 17.9 Å². The summed E-state index contributed by atoms with van der Waals surface area (Å²) in [6, 6.07) is 10.0. The predicted octanol–water partition coefficient (Wildman–Crippen LogP) is 3.30. The number of anilines is 1. The maximum Gasteiger partial charge on any atom is 0.238 e. The Bertz CT molecular complexity index is 765. The molecular weight excluding hydrogens is 315 g/mol. The molecule has 1 unspecified atom stereocenters. The second kappa shape index (κ2) is 6.01. The van der Waals surface area contributed by atoms with Gasteiger partial charge >= 0.3 is 0 Å². The fourth-order valence-electron chi connectivity index (χ4n) is 1.94. The Kier molecular flexibility index (Phi) is 4.51. The first-order valence-electron chi connectivity index (χ1n) is 6.12. The quantitative estimate of drug-likeness (QED) is 0.904. The molecule has 0 aliphatic heterocycles. The lowest BCUT2D eigenvalue weighted by Gasteiger charge is -2.17. The lowest BCUT2D eigenvalue weighted by atomic mass is 10.1. The Morgan fingerprint density at radius 3 is 2.57 bits per heavy atom. The van der Waals surface area contributed by atoms with Gasteiger partial charge in [0.15, 0.2) is 0 Å². The third kappa shape index (κ3) is 3.93. The summed E-state index contributed by atoms with van der Waals surface area (Å²) in [5.74, 6) is -0.410. The maximum atomic E-state index is 13.0. The van der Waals surface area contributed by atoms with Gasteiger partial charge in [0.25, 0.3) is 0 Å². The fourth-order valence-corrected chi connectivity index (χ4v) is 2.83. The first kappa shape index (κ1) is 15.8. The molecule has 112 valence electrons.